The number of benzene rings is 2. The van der Waals surface area contributed by atoms with Gasteiger partial charge in [0, 0.05) is 5.56 Å². The van der Waals surface area contributed by atoms with Crippen molar-refractivity contribution < 1.29 is 14.2 Å². The number of ether oxygens (including phenoxy) is 3. The Morgan fingerprint density at radius 1 is 1.17 bits per heavy atom. The molecule has 0 saturated carbocycles. The van der Waals surface area contributed by atoms with Crippen molar-refractivity contribution in [2.24, 2.45) is 0 Å². The summed E-state index contributed by atoms with van der Waals surface area (Å²) in [5.74, 6) is 2.59. The largest absolute Gasteiger partial charge is 0.493 e. The minimum atomic E-state index is -0.137. The summed E-state index contributed by atoms with van der Waals surface area (Å²) in [6.45, 7) is 2.49. The van der Waals surface area contributed by atoms with Gasteiger partial charge in [0.05, 0.1) is 37.9 Å². The fourth-order valence-corrected chi connectivity index (χ4v) is 3.94. The Kier molecular flexibility index (Phi) is 5.44. The molecule has 4 rings (SSSR count). The van der Waals surface area contributed by atoms with Crippen molar-refractivity contribution in [2.75, 3.05) is 26.1 Å². The SMILES string of the molecule is CCOc1ccc([C@H]2C[C@@H](c3cccc(OC)c3OC)n3nnnc3N2)cc1Cl. The molecule has 1 N–H and O–H groups in total. The second kappa shape index (κ2) is 8.16. The highest BCUT2D eigenvalue weighted by atomic mass is 35.5. The molecule has 1 aromatic heterocycles. The number of rotatable bonds is 6. The number of hydrogen-bond acceptors (Lipinski definition) is 7. The molecule has 152 valence electrons. The molecule has 9 heteroatoms. The maximum absolute atomic E-state index is 6.41. The van der Waals surface area contributed by atoms with Crippen LogP contribution >= 0.6 is 11.6 Å². The predicted molar refractivity (Wildman–Crippen MR) is 109 cm³/mol. The zero-order valence-electron chi connectivity index (χ0n) is 16.4. The van der Waals surface area contributed by atoms with Crippen LogP contribution in [0.3, 0.4) is 0 Å². The molecule has 0 aliphatic carbocycles. The van der Waals surface area contributed by atoms with E-state index in [4.69, 9.17) is 25.8 Å². The molecule has 0 saturated heterocycles. The van der Waals surface area contributed by atoms with Gasteiger partial charge >= 0.3 is 0 Å². The number of halogens is 1. The monoisotopic (exact) mass is 415 g/mol. The minimum Gasteiger partial charge on any atom is -0.493 e. The zero-order chi connectivity index (χ0) is 20.4. The second-order valence-electron chi connectivity index (χ2n) is 6.60. The Morgan fingerprint density at radius 3 is 2.76 bits per heavy atom. The lowest BCUT2D eigenvalue weighted by atomic mass is 9.92. The molecule has 3 aromatic rings. The predicted octanol–water partition coefficient (Wildman–Crippen LogP) is 3.89. The van der Waals surface area contributed by atoms with E-state index in [-0.39, 0.29) is 12.1 Å². The van der Waals surface area contributed by atoms with Crippen LogP contribution < -0.4 is 19.5 Å². The summed E-state index contributed by atoms with van der Waals surface area (Å²) >= 11 is 6.41. The Balaban J connectivity index is 1.73. The van der Waals surface area contributed by atoms with Gasteiger partial charge in [-0.1, -0.05) is 34.9 Å². The Morgan fingerprint density at radius 2 is 2.03 bits per heavy atom. The molecular formula is C20H22ClN5O3. The van der Waals surface area contributed by atoms with Crippen molar-refractivity contribution in [3.05, 3.63) is 52.5 Å². The van der Waals surface area contributed by atoms with E-state index < -0.39 is 0 Å². The van der Waals surface area contributed by atoms with Gasteiger partial charge in [-0.05, 0) is 47.5 Å². The number of nitrogens with zero attached hydrogens (tertiary/aromatic N) is 4. The molecule has 8 nitrogen and oxygen atoms in total. The van der Waals surface area contributed by atoms with Crippen LogP contribution in [-0.2, 0) is 0 Å². The molecular weight excluding hydrogens is 394 g/mol. The van der Waals surface area contributed by atoms with Gasteiger partial charge in [-0.2, -0.15) is 0 Å². The van der Waals surface area contributed by atoms with Crippen molar-refractivity contribution in [1.29, 1.82) is 0 Å². The van der Waals surface area contributed by atoms with Crippen LogP contribution in [-0.4, -0.2) is 41.0 Å². The van der Waals surface area contributed by atoms with Crippen LogP contribution in [0.1, 0.15) is 36.6 Å². The number of para-hydroxylation sites is 1. The van der Waals surface area contributed by atoms with Gasteiger partial charge < -0.3 is 19.5 Å². The van der Waals surface area contributed by atoms with E-state index in [1.807, 2.05) is 43.3 Å². The van der Waals surface area contributed by atoms with Gasteiger partial charge in [-0.25, -0.2) is 4.68 Å². The normalized spacial score (nSPS) is 17.9. The van der Waals surface area contributed by atoms with Crippen LogP contribution in [0, 0.1) is 0 Å². The summed E-state index contributed by atoms with van der Waals surface area (Å²) in [4.78, 5) is 0. The van der Waals surface area contributed by atoms with Gasteiger partial charge in [0.2, 0.25) is 5.95 Å². The molecule has 2 heterocycles. The van der Waals surface area contributed by atoms with Crippen molar-refractivity contribution in [3.8, 4) is 17.2 Å². The average molecular weight is 416 g/mol. The van der Waals surface area contributed by atoms with Crippen LogP contribution in [0.2, 0.25) is 5.02 Å². The fraction of sp³-hybridized carbons (Fsp3) is 0.350. The lowest BCUT2D eigenvalue weighted by Crippen LogP contribution is -2.28. The van der Waals surface area contributed by atoms with E-state index in [9.17, 15) is 0 Å². The molecule has 29 heavy (non-hydrogen) atoms. The topological polar surface area (TPSA) is 83.3 Å². The first-order chi connectivity index (χ1) is 14.2. The number of nitrogens with one attached hydrogen (secondary N) is 1. The van der Waals surface area contributed by atoms with E-state index in [1.165, 1.54) is 0 Å². The van der Waals surface area contributed by atoms with Crippen LogP contribution in [0.15, 0.2) is 36.4 Å². The summed E-state index contributed by atoms with van der Waals surface area (Å²) in [6.07, 6.45) is 0.700. The van der Waals surface area contributed by atoms with Gasteiger partial charge in [0.1, 0.15) is 5.75 Å². The molecule has 0 bridgehead atoms. The molecule has 0 amide bonds. The second-order valence-corrected chi connectivity index (χ2v) is 7.01. The van der Waals surface area contributed by atoms with Crippen molar-refractivity contribution in [1.82, 2.24) is 20.2 Å². The third kappa shape index (κ3) is 3.55. The average Bonchev–Trinajstić information content (AvgIpc) is 3.22. The maximum atomic E-state index is 6.41. The lowest BCUT2D eigenvalue weighted by molar-refractivity contribution is 0.338. The number of methoxy groups -OCH3 is 2. The van der Waals surface area contributed by atoms with E-state index >= 15 is 0 Å². The number of tetrazole rings is 1. The van der Waals surface area contributed by atoms with Crippen molar-refractivity contribution in [2.45, 2.75) is 25.4 Å². The molecule has 1 aliphatic heterocycles. The molecule has 2 aromatic carbocycles. The fourth-order valence-electron chi connectivity index (χ4n) is 3.70. The van der Waals surface area contributed by atoms with Crippen molar-refractivity contribution >= 4 is 17.5 Å². The standard InChI is InChI=1S/C20H22ClN5O3/c1-4-29-17-9-8-12(10-14(17)21)15-11-16(26-20(22-15)23-24-25-26)13-6-5-7-18(27-2)19(13)28-3/h5-10,15-16H,4,11H2,1-3H3,(H,22,23,25)/t15-,16+/m1/s1. The Hall–Kier alpha value is -3.00. The first-order valence-electron chi connectivity index (χ1n) is 9.33. The number of anilines is 1. The van der Waals surface area contributed by atoms with E-state index in [0.29, 0.717) is 41.2 Å². The van der Waals surface area contributed by atoms with Gasteiger partial charge in [0.25, 0.3) is 0 Å². The van der Waals surface area contributed by atoms with E-state index in [2.05, 4.69) is 20.8 Å². The third-order valence-corrected chi connectivity index (χ3v) is 5.30. The summed E-state index contributed by atoms with van der Waals surface area (Å²) in [5.41, 5.74) is 1.98. The molecule has 2 atom stereocenters. The molecule has 0 spiro atoms. The van der Waals surface area contributed by atoms with Crippen LogP contribution in [0.5, 0.6) is 17.2 Å². The lowest BCUT2D eigenvalue weighted by Gasteiger charge is -2.32. The highest BCUT2D eigenvalue weighted by Crippen LogP contribution is 2.43. The summed E-state index contributed by atoms with van der Waals surface area (Å²) < 4.78 is 18.4. The van der Waals surface area contributed by atoms with Crippen LogP contribution in [0.4, 0.5) is 5.95 Å². The first kappa shape index (κ1) is 19.3. The van der Waals surface area contributed by atoms with E-state index in [1.54, 1.807) is 18.9 Å². The van der Waals surface area contributed by atoms with Crippen molar-refractivity contribution in [3.63, 3.8) is 0 Å². The number of hydrogen-bond donors (Lipinski definition) is 1. The third-order valence-electron chi connectivity index (χ3n) is 5.00. The molecule has 0 unspecified atom stereocenters. The molecule has 0 radical (unpaired) electrons. The quantitative estimate of drug-likeness (QED) is 0.653. The summed E-state index contributed by atoms with van der Waals surface area (Å²) in [7, 11) is 3.25. The Bertz CT molecular complexity index is 1010. The maximum Gasteiger partial charge on any atom is 0.243 e. The highest BCUT2D eigenvalue weighted by molar-refractivity contribution is 6.32. The smallest absolute Gasteiger partial charge is 0.243 e. The molecule has 1 aliphatic rings. The van der Waals surface area contributed by atoms with E-state index in [0.717, 1.165) is 11.1 Å². The zero-order valence-corrected chi connectivity index (χ0v) is 17.2. The molecule has 0 fully saturated rings. The number of fused-ring (bicyclic) bond motifs is 1. The van der Waals surface area contributed by atoms with Gasteiger partial charge in [0.15, 0.2) is 11.5 Å². The van der Waals surface area contributed by atoms with Gasteiger partial charge in [-0.15, -0.1) is 0 Å². The summed E-state index contributed by atoms with van der Waals surface area (Å²) in [5, 5.41) is 16.1. The first-order valence-corrected chi connectivity index (χ1v) is 9.71. The van der Waals surface area contributed by atoms with Gasteiger partial charge in [-0.3, -0.25) is 0 Å². The van der Waals surface area contributed by atoms with Crippen LogP contribution in [0.25, 0.3) is 0 Å². The number of aromatic nitrogens is 4. The Labute approximate surface area is 173 Å². The highest BCUT2D eigenvalue weighted by Gasteiger charge is 2.33. The minimum absolute atomic E-state index is 0.0393. The summed E-state index contributed by atoms with van der Waals surface area (Å²) in [6, 6.07) is 11.5.